The predicted octanol–water partition coefficient (Wildman–Crippen LogP) is 1.91. The van der Waals surface area contributed by atoms with Crippen molar-refractivity contribution in [3.63, 3.8) is 0 Å². The number of carbonyl (C=O) groups excluding carboxylic acids is 3. The second-order valence-electron chi connectivity index (χ2n) is 5.64. The van der Waals surface area contributed by atoms with Gasteiger partial charge in [-0.25, -0.2) is 0 Å². The van der Waals surface area contributed by atoms with Crippen LogP contribution in [0.1, 0.15) is 41.0 Å². The van der Waals surface area contributed by atoms with Crippen LogP contribution in [0.5, 0.6) is 0 Å². The highest BCUT2D eigenvalue weighted by Gasteiger charge is 2.44. The Morgan fingerprint density at radius 2 is 1.62 bits per heavy atom. The maximum Gasteiger partial charge on any atom is 0.357 e. The van der Waals surface area contributed by atoms with Gasteiger partial charge in [0.2, 0.25) is 5.91 Å². The highest BCUT2D eigenvalue weighted by atomic mass is 31.2. The lowest BCUT2D eigenvalue weighted by Gasteiger charge is -2.37. The van der Waals surface area contributed by atoms with Gasteiger partial charge >= 0.3 is 19.5 Å². The van der Waals surface area contributed by atoms with Gasteiger partial charge in [-0.1, -0.05) is 0 Å². The van der Waals surface area contributed by atoms with E-state index in [0.717, 1.165) is 0 Å². The second-order valence-corrected chi connectivity index (χ2v) is 7.73. The van der Waals surface area contributed by atoms with Crippen molar-refractivity contribution < 1.29 is 37.5 Å². The standard InChI is InChI=1S/C16H26NO8P/c1-6-22-26(21,23-7-2)13-8-14(24-11(4)19)16(17-10(3)18)15(9-13)25-12(5)20/h8,14-16H,6-7,9H2,1-5H3,(H,17,18)/t14-,15+,16+/m1/s1. The molecule has 0 unspecified atom stereocenters. The molecular formula is C16H26NO8P. The van der Waals surface area contributed by atoms with Gasteiger partial charge in [0.1, 0.15) is 18.2 Å². The molecule has 1 amide bonds. The molecule has 0 aromatic rings. The predicted molar refractivity (Wildman–Crippen MR) is 92.3 cm³/mol. The number of nitrogens with one attached hydrogen (secondary N) is 1. The Kier molecular flexibility index (Phi) is 8.46. The van der Waals surface area contributed by atoms with Crippen LogP contribution in [-0.4, -0.2) is 49.3 Å². The van der Waals surface area contributed by atoms with Crippen LogP contribution >= 0.6 is 7.60 Å². The molecule has 1 N–H and O–H groups in total. The summed E-state index contributed by atoms with van der Waals surface area (Å²) in [6, 6.07) is -0.819. The third-order valence-corrected chi connectivity index (χ3v) is 5.69. The van der Waals surface area contributed by atoms with E-state index in [-0.39, 0.29) is 30.9 Å². The van der Waals surface area contributed by atoms with Gasteiger partial charge in [-0.2, -0.15) is 0 Å². The molecule has 1 rings (SSSR count). The van der Waals surface area contributed by atoms with Crippen LogP contribution in [0.3, 0.4) is 0 Å². The molecule has 0 aromatic carbocycles. The molecule has 1 aliphatic carbocycles. The Hall–Kier alpha value is -1.70. The number of esters is 2. The van der Waals surface area contributed by atoms with Gasteiger partial charge in [-0.3, -0.25) is 18.9 Å². The number of amides is 1. The lowest BCUT2D eigenvalue weighted by Crippen LogP contribution is -2.54. The molecule has 0 spiro atoms. The van der Waals surface area contributed by atoms with E-state index in [1.54, 1.807) is 13.8 Å². The maximum atomic E-state index is 13.1. The molecule has 10 heteroatoms. The van der Waals surface area contributed by atoms with E-state index < -0.39 is 37.8 Å². The molecule has 0 fully saturated rings. The molecule has 0 heterocycles. The zero-order valence-electron chi connectivity index (χ0n) is 15.6. The van der Waals surface area contributed by atoms with Crippen LogP contribution in [-0.2, 0) is 37.5 Å². The number of rotatable bonds is 8. The van der Waals surface area contributed by atoms with Crippen LogP contribution in [0.15, 0.2) is 11.4 Å². The summed E-state index contributed by atoms with van der Waals surface area (Å²) in [5.74, 6) is -1.58. The number of ether oxygens (including phenoxy) is 2. The molecule has 0 bridgehead atoms. The second kappa shape index (κ2) is 9.85. The molecule has 0 aromatic heterocycles. The summed E-state index contributed by atoms with van der Waals surface area (Å²) in [4.78, 5) is 34.5. The van der Waals surface area contributed by atoms with Crippen molar-refractivity contribution in [1.29, 1.82) is 0 Å². The molecule has 0 radical (unpaired) electrons. The topological polar surface area (TPSA) is 117 Å². The van der Waals surface area contributed by atoms with Crippen molar-refractivity contribution in [3.05, 3.63) is 11.4 Å². The average molecular weight is 391 g/mol. The fourth-order valence-corrected chi connectivity index (χ4v) is 4.51. The fraction of sp³-hybridized carbons (Fsp3) is 0.688. The molecule has 0 aliphatic heterocycles. The van der Waals surface area contributed by atoms with Gasteiger partial charge in [-0.05, 0) is 19.9 Å². The van der Waals surface area contributed by atoms with E-state index >= 15 is 0 Å². The average Bonchev–Trinajstić information content (AvgIpc) is 2.49. The molecule has 148 valence electrons. The lowest BCUT2D eigenvalue weighted by atomic mass is 9.95. The summed E-state index contributed by atoms with van der Waals surface area (Å²) in [6.45, 7) is 7.33. The van der Waals surface area contributed by atoms with Gasteiger partial charge in [0.25, 0.3) is 0 Å². The first kappa shape index (κ1) is 22.3. The number of hydrogen-bond donors (Lipinski definition) is 1. The van der Waals surface area contributed by atoms with E-state index in [0.29, 0.717) is 0 Å². The monoisotopic (exact) mass is 391 g/mol. The minimum Gasteiger partial charge on any atom is -0.460 e. The normalized spacial score (nSPS) is 23.0. The summed E-state index contributed by atoms with van der Waals surface area (Å²) in [7, 11) is -3.65. The minimum atomic E-state index is -3.65. The third kappa shape index (κ3) is 6.23. The van der Waals surface area contributed by atoms with Gasteiger partial charge in [0.15, 0.2) is 0 Å². The molecule has 0 saturated heterocycles. The Balaban J connectivity index is 3.34. The molecule has 26 heavy (non-hydrogen) atoms. The highest BCUT2D eigenvalue weighted by Crippen LogP contribution is 2.59. The zero-order chi connectivity index (χ0) is 19.9. The van der Waals surface area contributed by atoms with Crippen molar-refractivity contribution in [2.45, 2.75) is 59.3 Å². The first-order valence-corrected chi connectivity index (χ1v) is 9.89. The van der Waals surface area contributed by atoms with Crippen LogP contribution in [0.25, 0.3) is 0 Å². The van der Waals surface area contributed by atoms with Crippen molar-refractivity contribution in [3.8, 4) is 0 Å². The van der Waals surface area contributed by atoms with Crippen LogP contribution in [0, 0.1) is 0 Å². The lowest BCUT2D eigenvalue weighted by molar-refractivity contribution is -0.155. The fourth-order valence-electron chi connectivity index (χ4n) is 2.69. The largest absolute Gasteiger partial charge is 0.460 e. The van der Waals surface area contributed by atoms with Crippen molar-refractivity contribution in [2.24, 2.45) is 0 Å². The van der Waals surface area contributed by atoms with Crippen molar-refractivity contribution in [1.82, 2.24) is 5.32 Å². The van der Waals surface area contributed by atoms with E-state index in [9.17, 15) is 18.9 Å². The molecule has 3 atom stereocenters. The van der Waals surface area contributed by atoms with Gasteiger partial charge in [0, 0.05) is 32.5 Å². The molecule has 1 aliphatic rings. The van der Waals surface area contributed by atoms with E-state index in [1.807, 2.05) is 0 Å². The third-order valence-electron chi connectivity index (χ3n) is 3.46. The zero-order valence-corrected chi connectivity index (χ0v) is 16.5. The van der Waals surface area contributed by atoms with Gasteiger partial charge in [0.05, 0.1) is 13.2 Å². The number of hydrogen-bond acceptors (Lipinski definition) is 8. The minimum absolute atomic E-state index is 0.0135. The maximum absolute atomic E-state index is 13.1. The van der Waals surface area contributed by atoms with Crippen LogP contribution in [0.4, 0.5) is 0 Å². The summed E-state index contributed by atoms with van der Waals surface area (Å²) < 4.78 is 34.3. The highest BCUT2D eigenvalue weighted by molar-refractivity contribution is 7.58. The summed E-state index contributed by atoms with van der Waals surface area (Å²) >= 11 is 0. The van der Waals surface area contributed by atoms with Crippen LogP contribution in [0.2, 0.25) is 0 Å². The first-order chi connectivity index (χ1) is 12.1. The Bertz CT molecular complexity index is 607. The van der Waals surface area contributed by atoms with Crippen molar-refractivity contribution >= 4 is 25.4 Å². The summed E-state index contributed by atoms with van der Waals surface area (Å²) in [5, 5.41) is 2.86. The number of carbonyl (C=O) groups is 3. The molecular weight excluding hydrogens is 365 g/mol. The van der Waals surface area contributed by atoms with E-state index in [4.69, 9.17) is 18.5 Å². The SMILES string of the molecule is CCOP(=O)(OCC)C1=C[C@@H](OC(C)=O)[C@H](NC(C)=O)[C@@H](OC(C)=O)C1. The van der Waals surface area contributed by atoms with Gasteiger partial charge in [-0.15, -0.1) is 0 Å². The Morgan fingerprint density at radius 1 is 1.08 bits per heavy atom. The van der Waals surface area contributed by atoms with Crippen molar-refractivity contribution in [2.75, 3.05) is 13.2 Å². The van der Waals surface area contributed by atoms with E-state index in [1.165, 1.54) is 26.8 Å². The molecule has 0 saturated carbocycles. The summed E-state index contributed by atoms with van der Waals surface area (Å²) in [5.41, 5.74) is 0. The molecule has 9 nitrogen and oxygen atoms in total. The smallest absolute Gasteiger partial charge is 0.357 e. The van der Waals surface area contributed by atoms with Gasteiger partial charge < -0.3 is 23.8 Å². The Morgan fingerprint density at radius 3 is 2.04 bits per heavy atom. The first-order valence-electron chi connectivity index (χ1n) is 8.34. The summed E-state index contributed by atoms with van der Waals surface area (Å²) in [6.07, 6.45) is -0.429. The van der Waals surface area contributed by atoms with E-state index in [2.05, 4.69) is 5.32 Å². The van der Waals surface area contributed by atoms with Crippen LogP contribution < -0.4 is 5.32 Å². The quantitative estimate of drug-likeness (QED) is 0.493. The Labute approximate surface area is 152 Å².